The fourth-order valence-corrected chi connectivity index (χ4v) is 3.30. The van der Waals surface area contributed by atoms with E-state index < -0.39 is 23.5 Å². The highest BCUT2D eigenvalue weighted by Crippen LogP contribution is 2.63. The average Bonchev–Trinajstić information content (AvgIpc) is 1.82. The fraction of sp³-hybridized carbons (Fsp3) is 1.00. The molecule has 0 radical (unpaired) electrons. The molecule has 0 aromatic heterocycles. The molecule has 3 nitrogen and oxygen atoms in total. The summed E-state index contributed by atoms with van der Waals surface area (Å²) in [6.45, 7) is -0.101. The van der Waals surface area contributed by atoms with Gasteiger partial charge in [0, 0.05) is 16.7 Å². The van der Waals surface area contributed by atoms with Crippen molar-refractivity contribution in [2.24, 2.45) is 5.41 Å². The lowest BCUT2D eigenvalue weighted by Crippen LogP contribution is -2.40. The number of alkyl halides is 2. The third-order valence-electron chi connectivity index (χ3n) is 1.61. The lowest BCUT2D eigenvalue weighted by atomic mass is 9.96. The van der Waals surface area contributed by atoms with E-state index >= 15 is 0 Å². The molecule has 1 aliphatic rings. The molecule has 1 heterocycles. The normalized spacial score (nSPS) is 47.4. The van der Waals surface area contributed by atoms with E-state index in [1.165, 1.54) is 0 Å². The maximum Gasteiger partial charge on any atom is 0.427 e. The Hall–Kier alpha value is 1.02. The quantitative estimate of drug-likeness (QED) is 0.489. The van der Waals surface area contributed by atoms with Crippen molar-refractivity contribution in [3.8, 4) is 0 Å². The molecule has 0 saturated carbocycles. The second kappa shape index (κ2) is 3.30. The number of rotatable bonds is 0. The molecule has 12 heavy (non-hydrogen) atoms. The molecule has 1 rings (SSSR count). The van der Waals surface area contributed by atoms with E-state index in [9.17, 15) is 4.57 Å². The van der Waals surface area contributed by atoms with Crippen molar-refractivity contribution in [1.29, 1.82) is 0 Å². The van der Waals surface area contributed by atoms with Crippen LogP contribution in [-0.2, 0) is 13.6 Å². The van der Waals surface area contributed by atoms with Crippen molar-refractivity contribution >= 4 is 41.4 Å². The minimum Gasteiger partial charge on any atom is -0.277 e. The van der Waals surface area contributed by atoms with Crippen LogP contribution in [0.2, 0.25) is 0 Å². The van der Waals surface area contributed by atoms with Crippen molar-refractivity contribution in [2.75, 3.05) is 0 Å². The Morgan fingerprint density at radius 2 is 1.58 bits per heavy atom. The highest BCUT2D eigenvalue weighted by atomic mass is 35.7. The predicted octanol–water partition coefficient (Wildman–Crippen LogP) is 3.54. The van der Waals surface area contributed by atoms with Gasteiger partial charge in [0.1, 0.15) is 0 Å². The van der Waals surface area contributed by atoms with Gasteiger partial charge in [-0.1, -0.05) is 37.0 Å². The number of halogens is 3. The van der Waals surface area contributed by atoms with Gasteiger partial charge in [-0.05, 0) is 0 Å². The number of hydrogen-bond acceptors (Lipinski definition) is 3. The van der Waals surface area contributed by atoms with E-state index in [1.54, 1.807) is 13.8 Å². The van der Waals surface area contributed by atoms with Crippen LogP contribution in [0.3, 0.4) is 0 Å². The highest BCUT2D eigenvalue weighted by Gasteiger charge is 2.48. The van der Waals surface area contributed by atoms with Crippen LogP contribution < -0.4 is 0 Å². The van der Waals surface area contributed by atoms with Crippen LogP contribution in [0.1, 0.15) is 13.8 Å². The molecule has 72 valence electrons. The first kappa shape index (κ1) is 11.1. The summed E-state index contributed by atoms with van der Waals surface area (Å²) in [4.78, 5) is 0. The lowest BCUT2D eigenvalue weighted by molar-refractivity contribution is 0.00319. The predicted molar refractivity (Wildman–Crippen MR) is 48.7 cm³/mol. The maximum absolute atomic E-state index is 11.1. The van der Waals surface area contributed by atoms with Crippen LogP contribution in [0.4, 0.5) is 0 Å². The van der Waals surface area contributed by atoms with Gasteiger partial charge in [-0.3, -0.25) is 9.05 Å². The van der Waals surface area contributed by atoms with Crippen LogP contribution in [0.25, 0.3) is 0 Å². The third kappa shape index (κ3) is 2.09. The molecule has 0 amide bonds. The van der Waals surface area contributed by atoms with E-state index in [2.05, 4.69) is 0 Å². The minimum absolute atomic E-state index is 0.619. The van der Waals surface area contributed by atoms with Gasteiger partial charge in [-0.15, -0.1) is 0 Å². The largest absolute Gasteiger partial charge is 0.427 e. The second-order valence-electron chi connectivity index (χ2n) is 3.09. The second-order valence-corrected chi connectivity index (χ2v) is 6.41. The highest BCUT2D eigenvalue weighted by molar-refractivity contribution is 7.81. The van der Waals surface area contributed by atoms with Gasteiger partial charge in [-0.2, -0.15) is 0 Å². The molecular weight excluding hydrogens is 245 g/mol. The van der Waals surface area contributed by atoms with Crippen molar-refractivity contribution in [3.63, 3.8) is 0 Å². The summed E-state index contributed by atoms with van der Waals surface area (Å²) in [6, 6.07) is 0. The summed E-state index contributed by atoms with van der Waals surface area (Å²) in [5, 5.41) is 0. The Morgan fingerprint density at radius 3 is 1.92 bits per heavy atom. The lowest BCUT2D eigenvalue weighted by Gasteiger charge is -2.39. The van der Waals surface area contributed by atoms with Gasteiger partial charge in [0.25, 0.3) is 0 Å². The van der Waals surface area contributed by atoms with E-state index in [4.69, 9.17) is 43.5 Å². The Bertz CT molecular complexity index is 214. The summed E-state index contributed by atoms with van der Waals surface area (Å²) in [5.41, 5.74) is -2.24. The third-order valence-corrected chi connectivity index (χ3v) is 4.56. The molecule has 0 aliphatic carbocycles. The van der Waals surface area contributed by atoms with Crippen molar-refractivity contribution < 1.29 is 13.6 Å². The Labute approximate surface area is 85.6 Å². The van der Waals surface area contributed by atoms with Gasteiger partial charge >= 0.3 is 6.95 Å². The minimum atomic E-state index is -3.57. The van der Waals surface area contributed by atoms with Crippen molar-refractivity contribution in [1.82, 2.24) is 0 Å². The molecule has 0 bridgehead atoms. The maximum atomic E-state index is 11.1. The number of hydrogen-bond donors (Lipinski definition) is 0. The molecule has 2 atom stereocenters. The van der Waals surface area contributed by atoms with E-state index in [0.29, 0.717) is 0 Å². The average molecular weight is 253 g/mol. The van der Waals surface area contributed by atoms with Crippen LogP contribution in [0.5, 0.6) is 0 Å². The first-order chi connectivity index (χ1) is 5.26. The zero-order valence-corrected chi connectivity index (χ0v) is 9.62. The van der Waals surface area contributed by atoms with Gasteiger partial charge in [-0.25, -0.2) is 4.57 Å². The van der Waals surface area contributed by atoms with E-state index in [0.717, 1.165) is 0 Å². The summed E-state index contributed by atoms with van der Waals surface area (Å²) in [7, 11) is 0. The molecule has 1 fully saturated rings. The molecule has 0 spiro atoms. The van der Waals surface area contributed by atoms with E-state index in [1.807, 2.05) is 0 Å². The summed E-state index contributed by atoms with van der Waals surface area (Å²) in [5.74, 6) is 0. The molecular formula is C5H8Cl3O3P. The molecule has 0 aromatic rings. The summed E-state index contributed by atoms with van der Waals surface area (Å²) < 4.78 is 20.6. The van der Waals surface area contributed by atoms with Crippen LogP contribution in [0.15, 0.2) is 0 Å². The van der Waals surface area contributed by atoms with Gasteiger partial charge in [0.15, 0.2) is 11.1 Å². The molecule has 0 aromatic carbocycles. The summed E-state index contributed by atoms with van der Waals surface area (Å²) >= 11 is 16.8. The van der Waals surface area contributed by atoms with Crippen molar-refractivity contribution in [2.45, 2.75) is 25.0 Å². The first-order valence-electron chi connectivity index (χ1n) is 3.20. The molecule has 7 heteroatoms. The Morgan fingerprint density at radius 1 is 1.25 bits per heavy atom. The smallest absolute Gasteiger partial charge is 0.277 e. The van der Waals surface area contributed by atoms with Crippen LogP contribution in [-0.4, -0.2) is 11.1 Å². The van der Waals surface area contributed by atoms with Gasteiger partial charge < -0.3 is 0 Å². The van der Waals surface area contributed by atoms with Gasteiger partial charge in [0.2, 0.25) is 0 Å². The van der Waals surface area contributed by atoms with E-state index in [-0.39, 0.29) is 0 Å². The molecule has 1 saturated heterocycles. The molecule has 2 unspecified atom stereocenters. The first-order valence-corrected chi connectivity index (χ1v) is 6.52. The fourth-order valence-electron chi connectivity index (χ4n) is 0.621. The van der Waals surface area contributed by atoms with Gasteiger partial charge in [0.05, 0.1) is 0 Å². The SMILES string of the molecule is CC1(C)C(Cl)OP(=O)(Cl)OC1Cl. The zero-order chi connectivity index (χ0) is 9.57. The standard InChI is InChI=1S/C5H8Cl3O3P/c1-5(2)3(6)10-12(8,9)11-4(5)7/h3-4H,1-2H3. The zero-order valence-electron chi connectivity index (χ0n) is 6.46. The molecule has 0 N–H and O–H groups in total. The van der Waals surface area contributed by atoms with Crippen molar-refractivity contribution in [3.05, 3.63) is 0 Å². The topological polar surface area (TPSA) is 35.5 Å². The molecule has 1 aliphatic heterocycles. The Kier molecular flexibility index (Phi) is 3.06. The Balaban J connectivity index is 2.85. The van der Waals surface area contributed by atoms with Crippen LogP contribution in [0, 0.1) is 5.41 Å². The summed E-state index contributed by atoms with van der Waals surface area (Å²) in [6.07, 6.45) is 0. The monoisotopic (exact) mass is 252 g/mol. The van der Waals surface area contributed by atoms with Crippen LogP contribution >= 0.6 is 41.4 Å².